The second-order valence-corrected chi connectivity index (χ2v) is 6.11. The standard InChI is InChI=1S/C18H18F3NO3/c19-18(20,21)25-16-7-1-13(2-8-16)17(24)9-11-22(12-10-17)14-3-5-15(23)6-4-14/h1-8,23-24H,9-12H2. The van der Waals surface area contributed by atoms with Gasteiger partial charge in [-0.1, -0.05) is 12.1 Å². The van der Waals surface area contributed by atoms with Crippen LogP contribution in [0.3, 0.4) is 0 Å². The molecule has 0 aromatic heterocycles. The average molecular weight is 353 g/mol. The average Bonchev–Trinajstić information content (AvgIpc) is 2.56. The third kappa shape index (κ3) is 4.17. The van der Waals surface area contributed by atoms with Crippen molar-refractivity contribution in [3.05, 3.63) is 54.1 Å². The minimum atomic E-state index is -4.73. The third-order valence-electron chi connectivity index (χ3n) is 4.43. The van der Waals surface area contributed by atoms with Crippen molar-refractivity contribution in [2.75, 3.05) is 18.0 Å². The van der Waals surface area contributed by atoms with E-state index < -0.39 is 12.0 Å². The molecule has 0 saturated carbocycles. The van der Waals surface area contributed by atoms with E-state index in [9.17, 15) is 23.4 Å². The number of anilines is 1. The van der Waals surface area contributed by atoms with Gasteiger partial charge in [0.1, 0.15) is 11.5 Å². The molecule has 0 spiro atoms. The number of piperidine rings is 1. The highest BCUT2D eigenvalue weighted by molar-refractivity contribution is 5.49. The van der Waals surface area contributed by atoms with Gasteiger partial charge < -0.3 is 19.8 Å². The fourth-order valence-electron chi connectivity index (χ4n) is 3.05. The van der Waals surface area contributed by atoms with Crippen LogP contribution in [0.2, 0.25) is 0 Å². The highest BCUT2D eigenvalue weighted by Gasteiger charge is 2.35. The normalized spacial score (nSPS) is 17.4. The summed E-state index contributed by atoms with van der Waals surface area (Å²) in [5.74, 6) is -0.111. The van der Waals surface area contributed by atoms with Crippen LogP contribution in [0.1, 0.15) is 18.4 Å². The maximum Gasteiger partial charge on any atom is 0.573 e. The number of hydrogen-bond acceptors (Lipinski definition) is 4. The van der Waals surface area contributed by atoms with Gasteiger partial charge in [-0.05, 0) is 54.8 Å². The Kier molecular flexibility index (Phi) is 4.51. The van der Waals surface area contributed by atoms with E-state index in [1.54, 1.807) is 12.1 Å². The highest BCUT2D eigenvalue weighted by Crippen LogP contribution is 2.36. The predicted molar refractivity (Wildman–Crippen MR) is 86.6 cm³/mol. The van der Waals surface area contributed by atoms with Gasteiger partial charge in [0.2, 0.25) is 0 Å². The fourth-order valence-corrected chi connectivity index (χ4v) is 3.05. The van der Waals surface area contributed by atoms with Gasteiger partial charge in [-0.15, -0.1) is 13.2 Å². The smallest absolute Gasteiger partial charge is 0.508 e. The lowest BCUT2D eigenvalue weighted by Gasteiger charge is -2.39. The molecule has 2 N–H and O–H groups in total. The molecule has 1 heterocycles. The first kappa shape index (κ1) is 17.4. The van der Waals surface area contributed by atoms with E-state index in [0.29, 0.717) is 31.5 Å². The van der Waals surface area contributed by atoms with Crippen molar-refractivity contribution < 1.29 is 28.1 Å². The molecule has 1 saturated heterocycles. The van der Waals surface area contributed by atoms with Crippen LogP contribution < -0.4 is 9.64 Å². The zero-order chi connectivity index (χ0) is 18.1. The van der Waals surface area contributed by atoms with Crippen molar-refractivity contribution in [2.45, 2.75) is 24.8 Å². The first-order valence-electron chi connectivity index (χ1n) is 7.88. The summed E-state index contributed by atoms with van der Waals surface area (Å²) >= 11 is 0. The van der Waals surface area contributed by atoms with Gasteiger partial charge in [-0.2, -0.15) is 0 Å². The maximum atomic E-state index is 12.2. The van der Waals surface area contributed by atoms with E-state index in [-0.39, 0.29) is 11.5 Å². The van der Waals surface area contributed by atoms with Gasteiger partial charge in [0, 0.05) is 18.8 Å². The molecule has 134 valence electrons. The van der Waals surface area contributed by atoms with Crippen molar-refractivity contribution in [1.29, 1.82) is 0 Å². The molecule has 4 nitrogen and oxygen atoms in total. The molecule has 3 rings (SSSR count). The van der Waals surface area contributed by atoms with E-state index in [1.807, 2.05) is 12.1 Å². The van der Waals surface area contributed by atoms with Crippen LogP contribution in [0.15, 0.2) is 48.5 Å². The fraction of sp³-hybridized carbons (Fsp3) is 0.333. The molecule has 7 heteroatoms. The Balaban J connectivity index is 1.66. The number of benzene rings is 2. The van der Waals surface area contributed by atoms with Crippen molar-refractivity contribution in [1.82, 2.24) is 0 Å². The Morgan fingerprint density at radius 2 is 1.48 bits per heavy atom. The number of ether oxygens (including phenoxy) is 1. The lowest BCUT2D eigenvalue weighted by atomic mass is 9.84. The Bertz CT molecular complexity index is 706. The molecule has 2 aromatic carbocycles. The molecule has 2 aromatic rings. The molecule has 0 radical (unpaired) electrons. The van der Waals surface area contributed by atoms with E-state index >= 15 is 0 Å². The SMILES string of the molecule is Oc1ccc(N2CCC(O)(c3ccc(OC(F)(F)F)cc3)CC2)cc1. The molecular weight excluding hydrogens is 335 g/mol. The Morgan fingerprint density at radius 3 is 2.00 bits per heavy atom. The quantitative estimate of drug-likeness (QED) is 0.882. The highest BCUT2D eigenvalue weighted by atomic mass is 19.4. The number of halogens is 3. The summed E-state index contributed by atoms with van der Waals surface area (Å²) in [5.41, 5.74) is 0.450. The van der Waals surface area contributed by atoms with E-state index in [2.05, 4.69) is 9.64 Å². The second kappa shape index (κ2) is 6.48. The topological polar surface area (TPSA) is 52.9 Å². The van der Waals surface area contributed by atoms with Crippen LogP contribution in [0, 0.1) is 0 Å². The van der Waals surface area contributed by atoms with E-state index in [1.165, 1.54) is 24.3 Å². The van der Waals surface area contributed by atoms with Crippen LogP contribution in [0.25, 0.3) is 0 Å². The number of phenols is 1. The van der Waals surface area contributed by atoms with Gasteiger partial charge in [0.15, 0.2) is 0 Å². The van der Waals surface area contributed by atoms with Gasteiger partial charge in [-0.25, -0.2) is 0 Å². The number of nitrogens with zero attached hydrogens (tertiary/aromatic N) is 1. The molecular formula is C18H18F3NO3. The molecule has 1 fully saturated rings. The van der Waals surface area contributed by atoms with Crippen molar-refractivity contribution in [3.63, 3.8) is 0 Å². The summed E-state index contributed by atoms with van der Waals surface area (Å²) in [5, 5.41) is 20.2. The molecule has 0 unspecified atom stereocenters. The van der Waals surface area contributed by atoms with Gasteiger partial charge >= 0.3 is 6.36 Å². The molecule has 25 heavy (non-hydrogen) atoms. The first-order chi connectivity index (χ1) is 11.8. The lowest BCUT2D eigenvalue weighted by Crippen LogP contribution is -2.42. The second-order valence-electron chi connectivity index (χ2n) is 6.11. The van der Waals surface area contributed by atoms with Crippen LogP contribution in [-0.2, 0) is 5.60 Å². The monoisotopic (exact) mass is 353 g/mol. The minimum Gasteiger partial charge on any atom is -0.508 e. The lowest BCUT2D eigenvalue weighted by molar-refractivity contribution is -0.274. The van der Waals surface area contributed by atoms with Gasteiger partial charge in [-0.3, -0.25) is 0 Å². The minimum absolute atomic E-state index is 0.193. The van der Waals surface area contributed by atoms with Crippen LogP contribution in [0.4, 0.5) is 18.9 Å². The largest absolute Gasteiger partial charge is 0.573 e. The molecule has 0 bridgehead atoms. The number of aliphatic hydroxyl groups is 1. The Hall–Kier alpha value is -2.41. The number of alkyl halides is 3. The summed E-state index contributed by atoms with van der Waals surface area (Å²) < 4.78 is 40.5. The molecule has 0 atom stereocenters. The van der Waals surface area contributed by atoms with Gasteiger partial charge in [0.05, 0.1) is 5.60 Å². The summed E-state index contributed by atoms with van der Waals surface area (Å²) in [7, 11) is 0. The molecule has 1 aliphatic heterocycles. The number of rotatable bonds is 3. The van der Waals surface area contributed by atoms with Crippen molar-refractivity contribution >= 4 is 5.69 Å². The van der Waals surface area contributed by atoms with Crippen molar-refractivity contribution in [2.24, 2.45) is 0 Å². The predicted octanol–water partition coefficient (Wildman–Crippen LogP) is 3.78. The zero-order valence-electron chi connectivity index (χ0n) is 13.3. The summed E-state index contributed by atoms with van der Waals surface area (Å²) in [4.78, 5) is 2.09. The Morgan fingerprint density at radius 1 is 0.920 bits per heavy atom. The number of hydrogen-bond donors (Lipinski definition) is 2. The Labute approximate surface area is 143 Å². The first-order valence-corrected chi connectivity index (χ1v) is 7.88. The summed E-state index contributed by atoms with van der Waals surface area (Å²) in [6.07, 6.45) is -3.82. The van der Waals surface area contributed by atoms with Crippen LogP contribution in [0.5, 0.6) is 11.5 Å². The third-order valence-corrected chi connectivity index (χ3v) is 4.43. The van der Waals surface area contributed by atoms with Crippen molar-refractivity contribution in [3.8, 4) is 11.5 Å². The van der Waals surface area contributed by atoms with E-state index in [0.717, 1.165) is 5.69 Å². The number of aromatic hydroxyl groups is 1. The summed E-state index contributed by atoms with van der Waals surface area (Å²) in [6.45, 7) is 1.20. The maximum absolute atomic E-state index is 12.2. The van der Waals surface area contributed by atoms with Gasteiger partial charge in [0.25, 0.3) is 0 Å². The van der Waals surface area contributed by atoms with Crippen LogP contribution in [-0.4, -0.2) is 29.7 Å². The number of phenolic OH excluding ortho intramolecular Hbond substituents is 1. The van der Waals surface area contributed by atoms with Crippen LogP contribution >= 0.6 is 0 Å². The van der Waals surface area contributed by atoms with E-state index in [4.69, 9.17) is 0 Å². The molecule has 0 amide bonds. The molecule has 0 aliphatic carbocycles. The summed E-state index contributed by atoms with van der Waals surface area (Å²) in [6, 6.07) is 12.2. The molecule has 1 aliphatic rings. The zero-order valence-corrected chi connectivity index (χ0v) is 13.3.